The van der Waals surface area contributed by atoms with Gasteiger partial charge in [0.25, 0.3) is 5.69 Å². The van der Waals surface area contributed by atoms with E-state index in [9.17, 15) is 18.5 Å². The molecule has 0 aliphatic carbocycles. The van der Waals surface area contributed by atoms with Gasteiger partial charge in [-0.05, 0) is 50.3 Å². The van der Waals surface area contributed by atoms with E-state index in [1.165, 1.54) is 10.4 Å². The molecule has 7 nitrogen and oxygen atoms in total. The highest BCUT2D eigenvalue weighted by Crippen LogP contribution is 2.29. The average Bonchev–Trinajstić information content (AvgIpc) is 2.49. The molecule has 23 heavy (non-hydrogen) atoms. The Kier molecular flexibility index (Phi) is 6.52. The molecule has 0 unspecified atom stereocenters. The van der Waals surface area contributed by atoms with Gasteiger partial charge in [-0.2, -0.15) is 4.31 Å². The van der Waals surface area contributed by atoms with Crippen molar-refractivity contribution in [3.63, 3.8) is 0 Å². The van der Waals surface area contributed by atoms with Gasteiger partial charge >= 0.3 is 0 Å². The number of nitrogens with two attached hydrogens (primary N) is 1. The number of halogens is 1. The summed E-state index contributed by atoms with van der Waals surface area (Å²) in [6.45, 7) is 4.74. The molecule has 0 aromatic heterocycles. The zero-order chi connectivity index (χ0) is 16.5. The number of hydrogen-bond donors (Lipinski definition) is 1. The van der Waals surface area contributed by atoms with E-state index in [4.69, 9.17) is 5.73 Å². The molecule has 0 saturated carbocycles. The van der Waals surface area contributed by atoms with E-state index in [1.54, 1.807) is 13.8 Å². The van der Waals surface area contributed by atoms with E-state index in [0.29, 0.717) is 36.7 Å². The van der Waals surface area contributed by atoms with Crippen LogP contribution in [0.2, 0.25) is 0 Å². The van der Waals surface area contributed by atoms with Gasteiger partial charge in [0.05, 0.1) is 9.82 Å². The number of piperidine rings is 1. The van der Waals surface area contributed by atoms with E-state index < -0.39 is 14.9 Å². The Morgan fingerprint density at radius 2 is 1.87 bits per heavy atom. The first-order valence-corrected chi connectivity index (χ1v) is 8.67. The van der Waals surface area contributed by atoms with Crippen LogP contribution in [0.5, 0.6) is 0 Å². The maximum absolute atomic E-state index is 12.8. The monoisotopic (exact) mass is 363 g/mol. The predicted molar refractivity (Wildman–Crippen MR) is 90.4 cm³/mol. The summed E-state index contributed by atoms with van der Waals surface area (Å²) < 4.78 is 27.0. The lowest BCUT2D eigenvalue weighted by atomic mass is 9.99. The Morgan fingerprint density at radius 1 is 1.30 bits per heavy atom. The fourth-order valence-electron chi connectivity index (χ4n) is 2.71. The third kappa shape index (κ3) is 4.00. The van der Waals surface area contributed by atoms with Gasteiger partial charge in [-0.25, -0.2) is 8.42 Å². The quantitative estimate of drug-likeness (QED) is 0.650. The molecular formula is C14H22ClN3O4S. The lowest BCUT2D eigenvalue weighted by Crippen LogP contribution is -2.40. The first-order valence-electron chi connectivity index (χ1n) is 7.23. The summed E-state index contributed by atoms with van der Waals surface area (Å²) in [5.41, 5.74) is 6.59. The SMILES string of the molecule is Cc1cc([N+](=O)[O-])cc(S(=O)(=O)N2CCC(CN)CC2)c1C.Cl. The van der Waals surface area contributed by atoms with Gasteiger partial charge in [0, 0.05) is 25.2 Å². The van der Waals surface area contributed by atoms with Crippen molar-refractivity contribution in [1.82, 2.24) is 4.31 Å². The van der Waals surface area contributed by atoms with Crippen LogP contribution in [-0.4, -0.2) is 37.3 Å². The Hall–Kier alpha value is -1.22. The fourth-order valence-corrected chi connectivity index (χ4v) is 4.49. The highest BCUT2D eigenvalue weighted by molar-refractivity contribution is 7.89. The van der Waals surface area contributed by atoms with Crippen molar-refractivity contribution in [3.8, 4) is 0 Å². The van der Waals surface area contributed by atoms with Gasteiger partial charge in [0.2, 0.25) is 10.0 Å². The van der Waals surface area contributed by atoms with Crippen LogP contribution < -0.4 is 5.73 Å². The Labute approximate surface area is 142 Å². The maximum atomic E-state index is 12.8. The van der Waals surface area contributed by atoms with Crippen molar-refractivity contribution in [2.24, 2.45) is 11.7 Å². The van der Waals surface area contributed by atoms with Crippen molar-refractivity contribution in [1.29, 1.82) is 0 Å². The number of sulfonamides is 1. The smallest absolute Gasteiger partial charge is 0.271 e. The third-order valence-electron chi connectivity index (χ3n) is 4.34. The number of nitro benzene ring substituents is 1. The third-order valence-corrected chi connectivity index (χ3v) is 6.36. The normalized spacial score (nSPS) is 16.8. The lowest BCUT2D eigenvalue weighted by molar-refractivity contribution is -0.385. The predicted octanol–water partition coefficient (Wildman–Crippen LogP) is 1.99. The highest BCUT2D eigenvalue weighted by atomic mass is 35.5. The lowest BCUT2D eigenvalue weighted by Gasteiger charge is -2.31. The zero-order valence-corrected chi connectivity index (χ0v) is 14.8. The van der Waals surface area contributed by atoms with Gasteiger partial charge in [-0.1, -0.05) is 0 Å². The van der Waals surface area contributed by atoms with Crippen LogP contribution in [0, 0.1) is 29.9 Å². The van der Waals surface area contributed by atoms with Crippen LogP contribution in [0.4, 0.5) is 5.69 Å². The number of non-ortho nitro benzene ring substituents is 1. The van der Waals surface area contributed by atoms with Gasteiger partial charge in [0.15, 0.2) is 0 Å². The Morgan fingerprint density at radius 3 is 2.35 bits per heavy atom. The molecule has 2 rings (SSSR count). The van der Waals surface area contributed by atoms with Crippen LogP contribution >= 0.6 is 12.4 Å². The maximum Gasteiger partial charge on any atom is 0.271 e. The molecule has 130 valence electrons. The second kappa shape index (κ2) is 7.57. The van der Waals surface area contributed by atoms with Crippen molar-refractivity contribution in [2.45, 2.75) is 31.6 Å². The molecule has 9 heteroatoms. The van der Waals surface area contributed by atoms with Crippen molar-refractivity contribution in [2.75, 3.05) is 19.6 Å². The van der Waals surface area contributed by atoms with Crippen molar-refractivity contribution in [3.05, 3.63) is 33.4 Å². The molecule has 0 radical (unpaired) electrons. The second-order valence-corrected chi connectivity index (χ2v) is 7.63. The average molecular weight is 364 g/mol. The molecule has 2 N–H and O–H groups in total. The molecule has 1 aliphatic rings. The van der Waals surface area contributed by atoms with Crippen LogP contribution in [0.15, 0.2) is 17.0 Å². The molecular weight excluding hydrogens is 342 g/mol. The largest absolute Gasteiger partial charge is 0.330 e. The van der Waals surface area contributed by atoms with E-state index in [1.807, 2.05) is 0 Å². The summed E-state index contributed by atoms with van der Waals surface area (Å²) >= 11 is 0. The standard InChI is InChI=1S/C14H21N3O4S.ClH/c1-10-7-13(17(18)19)8-14(11(10)2)22(20,21)16-5-3-12(9-15)4-6-16;/h7-8,12H,3-6,9,15H2,1-2H3;1H. The summed E-state index contributed by atoms with van der Waals surface area (Å²) in [5.74, 6) is 0.347. The van der Waals surface area contributed by atoms with Crippen molar-refractivity contribution >= 4 is 28.1 Å². The van der Waals surface area contributed by atoms with Crippen LogP contribution in [0.25, 0.3) is 0 Å². The van der Waals surface area contributed by atoms with Gasteiger partial charge in [0.1, 0.15) is 0 Å². The minimum absolute atomic E-state index is 0. The van der Waals surface area contributed by atoms with Gasteiger partial charge in [-0.15, -0.1) is 12.4 Å². The van der Waals surface area contributed by atoms with E-state index >= 15 is 0 Å². The molecule has 0 bridgehead atoms. The molecule has 1 aliphatic heterocycles. The Bertz CT molecular complexity index is 686. The molecule has 1 aromatic carbocycles. The number of aryl methyl sites for hydroxylation is 1. The number of hydrogen-bond acceptors (Lipinski definition) is 5. The van der Waals surface area contributed by atoms with E-state index in [0.717, 1.165) is 18.9 Å². The number of rotatable bonds is 4. The van der Waals surface area contributed by atoms with Gasteiger partial charge in [-0.3, -0.25) is 10.1 Å². The molecule has 0 atom stereocenters. The molecule has 0 amide bonds. The molecule has 1 heterocycles. The highest BCUT2D eigenvalue weighted by Gasteiger charge is 2.31. The van der Waals surface area contributed by atoms with Crippen LogP contribution in [0.1, 0.15) is 24.0 Å². The van der Waals surface area contributed by atoms with Crippen molar-refractivity contribution < 1.29 is 13.3 Å². The summed E-state index contributed by atoms with van der Waals surface area (Å²) in [5, 5.41) is 11.0. The molecule has 1 saturated heterocycles. The first kappa shape index (κ1) is 19.8. The summed E-state index contributed by atoms with van der Waals surface area (Å²) in [4.78, 5) is 10.5. The number of nitrogens with zero attached hydrogens (tertiary/aromatic N) is 2. The molecule has 0 spiro atoms. The molecule has 1 fully saturated rings. The van der Waals surface area contributed by atoms with Crippen LogP contribution in [0.3, 0.4) is 0 Å². The summed E-state index contributed by atoms with van der Waals surface area (Å²) in [6.07, 6.45) is 1.45. The topological polar surface area (TPSA) is 107 Å². The van der Waals surface area contributed by atoms with Gasteiger partial charge < -0.3 is 5.73 Å². The summed E-state index contributed by atoms with van der Waals surface area (Å²) in [6, 6.07) is 2.56. The zero-order valence-electron chi connectivity index (χ0n) is 13.2. The van der Waals surface area contributed by atoms with E-state index in [-0.39, 0.29) is 23.0 Å². The van der Waals surface area contributed by atoms with E-state index in [2.05, 4.69) is 0 Å². The fraction of sp³-hybridized carbons (Fsp3) is 0.571. The number of benzene rings is 1. The van der Waals surface area contributed by atoms with Crippen LogP contribution in [-0.2, 0) is 10.0 Å². The number of nitro groups is 1. The second-order valence-electron chi connectivity index (χ2n) is 5.73. The summed E-state index contributed by atoms with van der Waals surface area (Å²) in [7, 11) is -3.71. The minimum atomic E-state index is -3.71. The first-order chi connectivity index (χ1) is 10.3. The molecule has 1 aromatic rings. The Balaban J connectivity index is 0.00000264. The minimum Gasteiger partial charge on any atom is -0.330 e.